The van der Waals surface area contributed by atoms with Gasteiger partial charge in [0.1, 0.15) is 5.76 Å². The van der Waals surface area contributed by atoms with Crippen LogP contribution in [0.5, 0.6) is 0 Å². The number of ketones is 1. The fourth-order valence-electron chi connectivity index (χ4n) is 3.20. The normalized spacial score (nSPS) is 10.9. The molecule has 2 aromatic heterocycles. The van der Waals surface area contributed by atoms with Gasteiger partial charge in [-0.2, -0.15) is 0 Å². The zero-order valence-corrected chi connectivity index (χ0v) is 15.5. The number of para-hydroxylation sites is 1. The maximum absolute atomic E-state index is 12.6. The van der Waals surface area contributed by atoms with Crippen LogP contribution in [0.2, 0.25) is 0 Å². The van der Waals surface area contributed by atoms with Crippen LogP contribution in [0.3, 0.4) is 0 Å². The second kappa shape index (κ2) is 7.15. The molecule has 0 aliphatic heterocycles. The van der Waals surface area contributed by atoms with Crippen molar-refractivity contribution in [3.05, 3.63) is 77.3 Å². The third kappa shape index (κ3) is 3.20. The molecule has 140 valence electrons. The minimum Gasteiger partial charge on any atom is -0.452 e. The van der Waals surface area contributed by atoms with Crippen LogP contribution in [0, 0.1) is 13.8 Å². The van der Waals surface area contributed by atoms with Gasteiger partial charge in [0.15, 0.2) is 12.3 Å². The van der Waals surface area contributed by atoms with E-state index in [9.17, 15) is 9.59 Å². The first-order valence-electron chi connectivity index (χ1n) is 8.85. The fraction of sp³-hybridized carbons (Fsp3) is 0.136. The minimum atomic E-state index is -0.686. The molecular formula is C22H18N2O4. The van der Waals surface area contributed by atoms with E-state index in [1.165, 1.54) is 0 Å². The molecular weight excluding hydrogens is 356 g/mol. The van der Waals surface area contributed by atoms with Gasteiger partial charge in [-0.3, -0.25) is 4.79 Å². The van der Waals surface area contributed by atoms with E-state index < -0.39 is 5.97 Å². The number of rotatable bonds is 5. The van der Waals surface area contributed by atoms with E-state index in [1.54, 1.807) is 6.92 Å². The molecule has 0 spiro atoms. The van der Waals surface area contributed by atoms with Crippen LogP contribution in [0.15, 0.2) is 59.0 Å². The number of Topliss-reactive ketones (excluding diaryl/α,β-unsaturated/α-hetero) is 1. The lowest BCUT2D eigenvalue weighted by molar-refractivity contribution is 0.0468. The molecule has 0 aliphatic carbocycles. The van der Waals surface area contributed by atoms with Gasteiger partial charge in [-0.05, 0) is 32.0 Å². The Labute approximate surface area is 161 Å². The van der Waals surface area contributed by atoms with Crippen molar-refractivity contribution in [3.63, 3.8) is 0 Å². The predicted molar refractivity (Wildman–Crippen MR) is 104 cm³/mol. The summed E-state index contributed by atoms with van der Waals surface area (Å²) in [6.07, 6.45) is 0. The third-order valence-corrected chi connectivity index (χ3v) is 4.52. The van der Waals surface area contributed by atoms with Gasteiger partial charge in [-0.25, -0.2) is 9.78 Å². The molecule has 0 unspecified atom stereocenters. The molecule has 0 amide bonds. The number of carbonyl (C=O) groups excluding carboxylic acids is 2. The first-order valence-corrected chi connectivity index (χ1v) is 8.85. The number of hydrogen-bond acceptors (Lipinski definition) is 5. The summed E-state index contributed by atoms with van der Waals surface area (Å²) in [5, 5.41) is 0.810. The van der Waals surface area contributed by atoms with Crippen LogP contribution in [-0.4, -0.2) is 28.3 Å². The van der Waals surface area contributed by atoms with Crippen molar-refractivity contribution in [2.75, 3.05) is 6.61 Å². The Balaban J connectivity index is 1.51. The van der Waals surface area contributed by atoms with Crippen molar-refractivity contribution in [1.29, 1.82) is 0 Å². The molecule has 0 saturated carbocycles. The lowest BCUT2D eigenvalue weighted by Gasteiger charge is -2.03. The SMILES string of the molecule is Cc1[nH]c2ccccc2c1C(=O)COC(=O)c1nc(-c2ccccc2)oc1C. The van der Waals surface area contributed by atoms with Gasteiger partial charge < -0.3 is 14.1 Å². The van der Waals surface area contributed by atoms with Crippen LogP contribution in [0.25, 0.3) is 22.4 Å². The third-order valence-electron chi connectivity index (χ3n) is 4.52. The summed E-state index contributed by atoms with van der Waals surface area (Å²) in [5.74, 6) is -0.273. The minimum absolute atomic E-state index is 0.0716. The van der Waals surface area contributed by atoms with Crippen molar-refractivity contribution < 1.29 is 18.7 Å². The molecule has 0 radical (unpaired) electrons. The fourth-order valence-corrected chi connectivity index (χ4v) is 3.20. The molecule has 0 fully saturated rings. The van der Waals surface area contributed by atoms with Crippen LogP contribution in [-0.2, 0) is 4.74 Å². The van der Waals surface area contributed by atoms with E-state index in [4.69, 9.17) is 9.15 Å². The molecule has 2 heterocycles. The van der Waals surface area contributed by atoms with Gasteiger partial charge in [-0.15, -0.1) is 0 Å². The molecule has 0 aliphatic rings. The number of aromatic amines is 1. The van der Waals surface area contributed by atoms with Crippen LogP contribution in [0.4, 0.5) is 0 Å². The van der Waals surface area contributed by atoms with Crippen molar-refractivity contribution in [2.45, 2.75) is 13.8 Å². The zero-order chi connectivity index (χ0) is 19.7. The Morgan fingerprint density at radius 1 is 1.04 bits per heavy atom. The van der Waals surface area contributed by atoms with Crippen molar-refractivity contribution in [1.82, 2.24) is 9.97 Å². The number of carbonyl (C=O) groups is 2. The molecule has 0 saturated heterocycles. The molecule has 6 heteroatoms. The van der Waals surface area contributed by atoms with Gasteiger partial charge in [0.2, 0.25) is 11.7 Å². The number of esters is 1. The molecule has 4 rings (SSSR count). The van der Waals surface area contributed by atoms with E-state index in [0.29, 0.717) is 17.2 Å². The average Bonchev–Trinajstić information content (AvgIpc) is 3.26. The van der Waals surface area contributed by atoms with Crippen LogP contribution in [0.1, 0.15) is 32.3 Å². The van der Waals surface area contributed by atoms with Gasteiger partial charge in [0.25, 0.3) is 0 Å². The molecule has 1 N–H and O–H groups in total. The number of H-pyrrole nitrogens is 1. The van der Waals surface area contributed by atoms with E-state index >= 15 is 0 Å². The van der Waals surface area contributed by atoms with Crippen LogP contribution >= 0.6 is 0 Å². The van der Waals surface area contributed by atoms with E-state index in [1.807, 2.05) is 61.5 Å². The summed E-state index contributed by atoms with van der Waals surface area (Å²) < 4.78 is 10.8. The van der Waals surface area contributed by atoms with Gasteiger partial charge >= 0.3 is 5.97 Å². The molecule has 0 atom stereocenters. The van der Waals surface area contributed by atoms with Gasteiger partial charge in [0, 0.05) is 27.7 Å². The highest BCUT2D eigenvalue weighted by molar-refractivity contribution is 6.10. The first-order chi connectivity index (χ1) is 13.5. The predicted octanol–water partition coefficient (Wildman–Crippen LogP) is 4.48. The van der Waals surface area contributed by atoms with E-state index in [0.717, 1.165) is 22.2 Å². The Morgan fingerprint density at radius 3 is 2.54 bits per heavy atom. The highest BCUT2D eigenvalue weighted by Crippen LogP contribution is 2.24. The van der Waals surface area contributed by atoms with E-state index in [2.05, 4.69) is 9.97 Å². The maximum Gasteiger partial charge on any atom is 0.361 e. The highest BCUT2D eigenvalue weighted by Gasteiger charge is 2.22. The number of fused-ring (bicyclic) bond motifs is 1. The summed E-state index contributed by atoms with van der Waals surface area (Å²) in [6.45, 7) is 3.10. The summed E-state index contributed by atoms with van der Waals surface area (Å²) in [5.41, 5.74) is 2.98. The van der Waals surface area contributed by atoms with Crippen LogP contribution < -0.4 is 0 Å². The molecule has 2 aromatic carbocycles. The number of hydrogen-bond donors (Lipinski definition) is 1. The number of nitrogens with zero attached hydrogens (tertiary/aromatic N) is 1. The largest absolute Gasteiger partial charge is 0.452 e. The van der Waals surface area contributed by atoms with E-state index in [-0.39, 0.29) is 18.1 Å². The van der Waals surface area contributed by atoms with Crippen molar-refractivity contribution in [2.24, 2.45) is 0 Å². The quantitative estimate of drug-likeness (QED) is 0.411. The number of aromatic nitrogens is 2. The molecule has 4 aromatic rings. The maximum atomic E-state index is 12.6. The number of benzene rings is 2. The number of aryl methyl sites for hydroxylation is 2. The zero-order valence-electron chi connectivity index (χ0n) is 15.5. The smallest absolute Gasteiger partial charge is 0.361 e. The topological polar surface area (TPSA) is 85.2 Å². The highest BCUT2D eigenvalue weighted by atomic mass is 16.5. The van der Waals surface area contributed by atoms with Crippen molar-refractivity contribution >= 4 is 22.7 Å². The summed E-state index contributed by atoms with van der Waals surface area (Å²) in [4.78, 5) is 32.5. The molecule has 6 nitrogen and oxygen atoms in total. The Kier molecular flexibility index (Phi) is 4.53. The summed E-state index contributed by atoms with van der Waals surface area (Å²) in [7, 11) is 0. The first kappa shape index (κ1) is 17.7. The number of ether oxygens (including phenoxy) is 1. The summed E-state index contributed by atoms with van der Waals surface area (Å²) in [6, 6.07) is 16.8. The Hall–Kier alpha value is -3.67. The lowest BCUT2D eigenvalue weighted by Crippen LogP contribution is -2.15. The summed E-state index contributed by atoms with van der Waals surface area (Å²) >= 11 is 0. The second-order valence-electron chi connectivity index (χ2n) is 6.46. The Morgan fingerprint density at radius 2 is 1.75 bits per heavy atom. The standard InChI is InChI=1S/C22H18N2O4/c1-13-19(16-10-6-7-11-17(16)23-13)18(25)12-27-22(26)20-14(2)28-21(24-20)15-8-4-3-5-9-15/h3-11,23H,12H2,1-2H3. The number of oxazole rings is 1. The average molecular weight is 374 g/mol. The monoisotopic (exact) mass is 374 g/mol. The van der Waals surface area contributed by atoms with Gasteiger partial charge in [-0.1, -0.05) is 36.4 Å². The van der Waals surface area contributed by atoms with Gasteiger partial charge in [0.05, 0.1) is 0 Å². The lowest BCUT2D eigenvalue weighted by atomic mass is 10.1. The van der Waals surface area contributed by atoms with Crippen molar-refractivity contribution in [3.8, 4) is 11.5 Å². The second-order valence-corrected chi connectivity index (χ2v) is 6.46. The molecule has 28 heavy (non-hydrogen) atoms. The Bertz CT molecular complexity index is 1170. The number of nitrogens with one attached hydrogen (secondary N) is 1. The molecule has 0 bridgehead atoms.